The number of para-hydroxylation sites is 1. The summed E-state index contributed by atoms with van der Waals surface area (Å²) in [5.74, 6) is 0.196. The second-order valence-electron chi connectivity index (χ2n) is 10.7. The molecule has 0 spiro atoms. The molecule has 8 nitrogen and oxygen atoms in total. The molecule has 1 aromatic carbocycles. The molecule has 2 aliphatic rings. The van der Waals surface area contributed by atoms with E-state index < -0.39 is 0 Å². The number of amides is 2. The van der Waals surface area contributed by atoms with Crippen molar-refractivity contribution in [3.05, 3.63) is 53.9 Å². The number of pyridine rings is 1. The van der Waals surface area contributed by atoms with Gasteiger partial charge in [0.1, 0.15) is 6.10 Å². The Kier molecular flexibility index (Phi) is 9.16. The summed E-state index contributed by atoms with van der Waals surface area (Å²) in [6.45, 7) is 5.63. The van der Waals surface area contributed by atoms with Crippen LogP contribution in [0.4, 0.5) is 5.69 Å². The molecule has 4 rings (SSSR count). The van der Waals surface area contributed by atoms with Crippen molar-refractivity contribution < 1.29 is 19.4 Å². The predicted octanol–water partition coefficient (Wildman–Crippen LogP) is 3.95. The lowest BCUT2D eigenvalue weighted by atomic mass is 9.88. The van der Waals surface area contributed by atoms with Gasteiger partial charge in [-0.25, -0.2) is 0 Å². The highest BCUT2D eigenvalue weighted by atomic mass is 16.5. The lowest BCUT2D eigenvalue weighted by Crippen LogP contribution is -2.49. The highest BCUT2D eigenvalue weighted by Crippen LogP contribution is 2.36. The molecular formula is C29H40N4O4. The van der Waals surface area contributed by atoms with E-state index >= 15 is 0 Å². The van der Waals surface area contributed by atoms with Crippen LogP contribution in [-0.4, -0.2) is 70.6 Å². The monoisotopic (exact) mass is 508 g/mol. The summed E-state index contributed by atoms with van der Waals surface area (Å²) >= 11 is 0. The molecule has 1 fully saturated rings. The smallest absolute Gasteiger partial charge is 0.258 e. The molecule has 2 aromatic rings. The number of nitrogens with one attached hydrogen (secondary N) is 1. The second-order valence-corrected chi connectivity index (χ2v) is 10.7. The zero-order valence-electron chi connectivity index (χ0n) is 22.2. The molecule has 1 aromatic heterocycles. The van der Waals surface area contributed by atoms with Crippen LogP contribution in [0, 0.1) is 11.8 Å². The van der Waals surface area contributed by atoms with Crippen molar-refractivity contribution in [3.8, 4) is 5.75 Å². The van der Waals surface area contributed by atoms with Crippen molar-refractivity contribution in [3.63, 3.8) is 0 Å². The largest absolute Gasteiger partial charge is 0.486 e. The van der Waals surface area contributed by atoms with E-state index in [2.05, 4.69) is 22.1 Å². The number of nitrogens with zero attached hydrogens (tertiary/aromatic N) is 3. The number of carbonyl (C=O) groups excluding carboxylic acids is 2. The fourth-order valence-corrected chi connectivity index (χ4v) is 5.33. The first-order chi connectivity index (χ1) is 17.9. The van der Waals surface area contributed by atoms with E-state index in [1.54, 1.807) is 29.4 Å². The molecule has 0 bridgehead atoms. The SMILES string of the molecule is C[C@H](CO)N1C[C@H](C)[C@H](CN(C)Cc2ccncc2)Oc2c(NC(=O)C3CCCCC3)cccc2C1=O. The van der Waals surface area contributed by atoms with Crippen LogP contribution in [0.5, 0.6) is 5.75 Å². The van der Waals surface area contributed by atoms with Gasteiger partial charge in [-0.05, 0) is 56.6 Å². The molecule has 1 aliphatic carbocycles. The molecule has 3 atom stereocenters. The molecule has 0 radical (unpaired) electrons. The van der Waals surface area contributed by atoms with Gasteiger partial charge in [0, 0.05) is 43.9 Å². The lowest BCUT2D eigenvalue weighted by Gasteiger charge is -2.38. The zero-order chi connectivity index (χ0) is 26.4. The Bertz CT molecular complexity index is 1060. The average molecular weight is 509 g/mol. The molecule has 2 heterocycles. The molecular weight excluding hydrogens is 468 g/mol. The predicted molar refractivity (Wildman–Crippen MR) is 143 cm³/mol. The molecule has 1 aliphatic heterocycles. The Labute approximate surface area is 220 Å². The number of aromatic nitrogens is 1. The number of fused-ring (bicyclic) bond motifs is 1. The quantitative estimate of drug-likeness (QED) is 0.561. The Morgan fingerprint density at radius 3 is 2.65 bits per heavy atom. The van der Waals surface area contributed by atoms with Gasteiger partial charge in [0.05, 0.1) is 23.9 Å². The Morgan fingerprint density at radius 1 is 1.22 bits per heavy atom. The van der Waals surface area contributed by atoms with Crippen LogP contribution in [0.25, 0.3) is 0 Å². The van der Waals surface area contributed by atoms with Crippen LogP contribution in [0.2, 0.25) is 0 Å². The summed E-state index contributed by atoms with van der Waals surface area (Å²) in [6.07, 6.45) is 8.43. The first-order valence-electron chi connectivity index (χ1n) is 13.5. The van der Waals surface area contributed by atoms with Gasteiger partial charge in [-0.15, -0.1) is 0 Å². The summed E-state index contributed by atoms with van der Waals surface area (Å²) < 4.78 is 6.63. The van der Waals surface area contributed by atoms with Crippen LogP contribution in [-0.2, 0) is 11.3 Å². The molecule has 0 saturated heterocycles. The highest BCUT2D eigenvalue weighted by molar-refractivity contribution is 6.02. The Balaban J connectivity index is 1.63. The third kappa shape index (κ3) is 6.67. The third-order valence-corrected chi connectivity index (χ3v) is 7.62. The fourth-order valence-electron chi connectivity index (χ4n) is 5.33. The summed E-state index contributed by atoms with van der Waals surface area (Å²) in [5, 5.41) is 13.0. The van der Waals surface area contributed by atoms with Crippen molar-refractivity contribution in [2.24, 2.45) is 11.8 Å². The number of carbonyl (C=O) groups is 2. The van der Waals surface area contributed by atoms with Gasteiger partial charge < -0.3 is 20.1 Å². The number of likely N-dealkylation sites (N-methyl/N-ethyl adjacent to an activating group) is 1. The third-order valence-electron chi connectivity index (χ3n) is 7.62. The van der Waals surface area contributed by atoms with Crippen molar-refractivity contribution >= 4 is 17.5 Å². The molecule has 200 valence electrons. The van der Waals surface area contributed by atoms with E-state index in [4.69, 9.17) is 4.74 Å². The van der Waals surface area contributed by atoms with Gasteiger partial charge in [-0.3, -0.25) is 19.5 Å². The second kappa shape index (κ2) is 12.5. The van der Waals surface area contributed by atoms with Gasteiger partial charge in [0.2, 0.25) is 5.91 Å². The maximum Gasteiger partial charge on any atom is 0.258 e. The van der Waals surface area contributed by atoms with Crippen LogP contribution in [0.3, 0.4) is 0 Å². The van der Waals surface area contributed by atoms with Crippen LogP contribution in [0.1, 0.15) is 61.9 Å². The topological polar surface area (TPSA) is 95.0 Å². The normalized spacial score (nSPS) is 21.5. The van der Waals surface area contributed by atoms with E-state index in [0.29, 0.717) is 30.1 Å². The standard InChI is InChI=1S/C29H40N4O4/c1-20-16-33(21(2)19-34)29(36)24-10-7-11-25(31-28(35)23-8-5-4-6-9-23)27(24)37-26(20)18-32(3)17-22-12-14-30-15-13-22/h7,10-15,20-21,23,26,34H,4-6,8-9,16-19H2,1-3H3,(H,31,35)/t20-,21+,26-/m0/s1. The van der Waals surface area contributed by atoms with Crippen molar-refractivity contribution in [2.75, 3.05) is 32.1 Å². The summed E-state index contributed by atoms with van der Waals surface area (Å²) in [4.78, 5) is 34.8. The summed E-state index contributed by atoms with van der Waals surface area (Å²) in [5.41, 5.74) is 2.10. The van der Waals surface area contributed by atoms with Gasteiger partial charge in [-0.2, -0.15) is 0 Å². The minimum absolute atomic E-state index is 0.00640. The number of hydrogen-bond acceptors (Lipinski definition) is 6. The molecule has 0 unspecified atom stereocenters. The number of hydrogen-bond donors (Lipinski definition) is 2. The van der Waals surface area contributed by atoms with E-state index in [1.807, 2.05) is 32.2 Å². The van der Waals surface area contributed by atoms with Crippen molar-refractivity contribution in [2.45, 2.75) is 64.6 Å². The maximum atomic E-state index is 13.7. The first-order valence-corrected chi connectivity index (χ1v) is 13.5. The Hall–Kier alpha value is -2.97. The molecule has 37 heavy (non-hydrogen) atoms. The van der Waals surface area contributed by atoms with Gasteiger partial charge >= 0.3 is 0 Å². The summed E-state index contributed by atoms with van der Waals surface area (Å²) in [7, 11) is 2.05. The van der Waals surface area contributed by atoms with Crippen LogP contribution in [0.15, 0.2) is 42.7 Å². The number of aliphatic hydroxyl groups is 1. The number of ether oxygens (including phenoxy) is 1. The van der Waals surface area contributed by atoms with E-state index in [0.717, 1.165) is 37.8 Å². The van der Waals surface area contributed by atoms with E-state index in [9.17, 15) is 14.7 Å². The molecule has 1 saturated carbocycles. The van der Waals surface area contributed by atoms with Gasteiger partial charge in [-0.1, -0.05) is 32.3 Å². The van der Waals surface area contributed by atoms with Crippen LogP contribution < -0.4 is 10.1 Å². The van der Waals surface area contributed by atoms with Gasteiger partial charge in [0.25, 0.3) is 5.91 Å². The minimum atomic E-state index is -0.336. The van der Waals surface area contributed by atoms with Crippen LogP contribution >= 0.6 is 0 Å². The number of rotatable bonds is 8. The number of anilines is 1. The first kappa shape index (κ1) is 27.1. The number of benzene rings is 1. The average Bonchev–Trinajstić information content (AvgIpc) is 2.91. The molecule has 2 N–H and O–H groups in total. The fraction of sp³-hybridized carbons (Fsp3) is 0.552. The van der Waals surface area contributed by atoms with E-state index in [-0.39, 0.29) is 42.4 Å². The maximum absolute atomic E-state index is 13.7. The summed E-state index contributed by atoms with van der Waals surface area (Å²) in [6, 6.07) is 9.01. The Morgan fingerprint density at radius 2 is 1.95 bits per heavy atom. The molecule has 2 amide bonds. The minimum Gasteiger partial charge on any atom is -0.486 e. The van der Waals surface area contributed by atoms with E-state index in [1.165, 1.54) is 6.42 Å². The number of aliphatic hydroxyl groups excluding tert-OH is 1. The lowest BCUT2D eigenvalue weighted by molar-refractivity contribution is -0.120. The van der Waals surface area contributed by atoms with Gasteiger partial charge in [0.15, 0.2) is 5.75 Å². The van der Waals surface area contributed by atoms with Crippen molar-refractivity contribution in [1.29, 1.82) is 0 Å². The highest BCUT2D eigenvalue weighted by Gasteiger charge is 2.35. The van der Waals surface area contributed by atoms with Crippen molar-refractivity contribution in [1.82, 2.24) is 14.8 Å². The zero-order valence-corrected chi connectivity index (χ0v) is 22.2. The molecule has 8 heteroatoms.